The Hall–Kier alpha value is -3.13. The second-order valence-electron chi connectivity index (χ2n) is 7.72. The largest absolute Gasteiger partial charge is 0.353 e. The average Bonchev–Trinajstić information content (AvgIpc) is 3.16. The zero-order valence-corrected chi connectivity index (χ0v) is 16.7. The van der Waals surface area contributed by atoms with E-state index in [0.717, 1.165) is 43.3 Å². The molecular weight excluding hydrogens is 386 g/mol. The maximum absolute atomic E-state index is 14.9. The van der Waals surface area contributed by atoms with Crippen molar-refractivity contribution < 1.29 is 8.78 Å². The van der Waals surface area contributed by atoms with E-state index in [9.17, 15) is 8.78 Å². The van der Waals surface area contributed by atoms with E-state index < -0.39 is 11.6 Å². The molecule has 6 nitrogen and oxygen atoms in total. The third-order valence-electron chi connectivity index (χ3n) is 5.77. The Kier molecular flexibility index (Phi) is 4.78. The van der Waals surface area contributed by atoms with Crippen LogP contribution in [0.2, 0.25) is 0 Å². The lowest BCUT2D eigenvalue weighted by atomic mass is 10.0. The second kappa shape index (κ2) is 7.60. The van der Waals surface area contributed by atoms with Crippen molar-refractivity contribution in [3.8, 4) is 0 Å². The molecule has 4 heterocycles. The standard InChI is InChI=1S/C22H22F2N6/c1-28-9-11-29(12-10-28)21-7-6-20-26-14-15(30(20)27-21)4-5-16-18(23)13-19-17(22(16)24)3-2-8-25-19/h2-3,6-8,13-14H,4-5,9-12H2,1H3. The second-order valence-corrected chi connectivity index (χ2v) is 7.72. The number of anilines is 1. The first-order chi connectivity index (χ1) is 14.6. The summed E-state index contributed by atoms with van der Waals surface area (Å²) in [6, 6.07) is 8.49. The number of likely N-dealkylation sites (N-methyl/N-ethyl adjacent to an activating group) is 1. The molecule has 0 atom stereocenters. The van der Waals surface area contributed by atoms with Crippen molar-refractivity contribution in [2.75, 3.05) is 38.1 Å². The normalized spacial score (nSPS) is 15.4. The Bertz CT molecular complexity index is 1210. The van der Waals surface area contributed by atoms with Gasteiger partial charge in [0.15, 0.2) is 5.65 Å². The van der Waals surface area contributed by atoms with Gasteiger partial charge in [-0.05, 0) is 44.2 Å². The topological polar surface area (TPSA) is 49.6 Å². The van der Waals surface area contributed by atoms with E-state index in [1.165, 1.54) is 12.3 Å². The molecule has 1 aromatic carbocycles. The predicted octanol–water partition coefficient (Wildman–Crippen LogP) is 3.09. The highest BCUT2D eigenvalue weighted by atomic mass is 19.1. The number of benzene rings is 1. The minimum atomic E-state index is -0.571. The quantitative estimate of drug-likeness (QED) is 0.519. The van der Waals surface area contributed by atoms with Gasteiger partial charge in [0, 0.05) is 49.4 Å². The zero-order chi connectivity index (χ0) is 20.7. The molecule has 0 unspecified atom stereocenters. The van der Waals surface area contributed by atoms with Crippen LogP contribution >= 0.6 is 0 Å². The van der Waals surface area contributed by atoms with Crippen molar-refractivity contribution in [3.05, 3.63) is 65.6 Å². The van der Waals surface area contributed by atoms with E-state index in [1.807, 2.05) is 12.1 Å². The van der Waals surface area contributed by atoms with Crippen molar-refractivity contribution in [2.24, 2.45) is 0 Å². The number of imidazole rings is 1. The highest BCUT2D eigenvalue weighted by Gasteiger charge is 2.18. The molecule has 0 amide bonds. The molecule has 3 aromatic heterocycles. The number of fused-ring (bicyclic) bond motifs is 2. The number of nitrogens with zero attached hydrogens (tertiary/aromatic N) is 6. The van der Waals surface area contributed by atoms with Crippen molar-refractivity contribution >= 4 is 22.4 Å². The van der Waals surface area contributed by atoms with Crippen molar-refractivity contribution in [1.82, 2.24) is 24.5 Å². The van der Waals surface area contributed by atoms with Crippen LogP contribution in [0.3, 0.4) is 0 Å². The SMILES string of the molecule is CN1CCN(c2ccc3ncc(CCc4c(F)cc5ncccc5c4F)n3n2)CC1. The highest BCUT2D eigenvalue weighted by Crippen LogP contribution is 2.24. The first kappa shape index (κ1) is 18.9. The summed E-state index contributed by atoms with van der Waals surface area (Å²) in [6.45, 7) is 3.82. The van der Waals surface area contributed by atoms with Gasteiger partial charge >= 0.3 is 0 Å². The van der Waals surface area contributed by atoms with E-state index in [0.29, 0.717) is 17.3 Å². The monoisotopic (exact) mass is 408 g/mol. The maximum Gasteiger partial charge on any atom is 0.153 e. The van der Waals surface area contributed by atoms with Crippen molar-refractivity contribution in [1.29, 1.82) is 0 Å². The molecule has 0 aliphatic carbocycles. The summed E-state index contributed by atoms with van der Waals surface area (Å²) in [6.07, 6.45) is 3.91. The number of aromatic nitrogens is 4. The van der Waals surface area contributed by atoms with Crippen LogP contribution in [0.25, 0.3) is 16.6 Å². The van der Waals surface area contributed by atoms with Crippen LogP contribution in [0.5, 0.6) is 0 Å². The lowest BCUT2D eigenvalue weighted by Gasteiger charge is -2.33. The summed E-state index contributed by atoms with van der Waals surface area (Å²) >= 11 is 0. The van der Waals surface area contributed by atoms with Gasteiger partial charge in [-0.25, -0.2) is 18.3 Å². The third kappa shape index (κ3) is 3.37. The molecule has 30 heavy (non-hydrogen) atoms. The summed E-state index contributed by atoms with van der Waals surface area (Å²) < 4.78 is 31.2. The molecule has 154 valence electrons. The number of hydrogen-bond donors (Lipinski definition) is 0. The predicted molar refractivity (Wildman–Crippen MR) is 112 cm³/mol. The summed E-state index contributed by atoms with van der Waals surface area (Å²) in [7, 11) is 2.11. The van der Waals surface area contributed by atoms with Gasteiger partial charge in [0.25, 0.3) is 0 Å². The molecule has 0 spiro atoms. The van der Waals surface area contributed by atoms with Gasteiger partial charge in [-0.15, -0.1) is 5.10 Å². The van der Waals surface area contributed by atoms with Crippen LogP contribution < -0.4 is 4.90 Å². The molecule has 1 saturated heterocycles. The number of aryl methyl sites for hydroxylation is 1. The number of hydrogen-bond acceptors (Lipinski definition) is 5. The molecule has 1 aliphatic heterocycles. The minimum Gasteiger partial charge on any atom is -0.353 e. The van der Waals surface area contributed by atoms with Gasteiger partial charge in [-0.2, -0.15) is 0 Å². The van der Waals surface area contributed by atoms with Gasteiger partial charge in [0.2, 0.25) is 0 Å². The Morgan fingerprint density at radius 1 is 1.00 bits per heavy atom. The molecule has 1 fully saturated rings. The first-order valence-electron chi connectivity index (χ1n) is 10.1. The smallest absolute Gasteiger partial charge is 0.153 e. The van der Waals surface area contributed by atoms with Gasteiger partial charge in [-0.3, -0.25) is 4.98 Å². The van der Waals surface area contributed by atoms with Crippen LogP contribution in [0.4, 0.5) is 14.6 Å². The Balaban J connectivity index is 1.42. The molecule has 0 bridgehead atoms. The number of halogens is 2. The molecular formula is C22H22F2N6. The maximum atomic E-state index is 14.9. The minimum absolute atomic E-state index is 0.0701. The van der Waals surface area contributed by atoms with Crippen LogP contribution in [0, 0.1) is 11.6 Å². The Morgan fingerprint density at radius 3 is 2.67 bits per heavy atom. The summed E-state index contributed by atoms with van der Waals surface area (Å²) in [5.74, 6) is -0.222. The van der Waals surface area contributed by atoms with E-state index in [2.05, 4.69) is 26.8 Å². The zero-order valence-electron chi connectivity index (χ0n) is 16.7. The van der Waals surface area contributed by atoms with E-state index >= 15 is 0 Å². The molecule has 0 N–H and O–H groups in total. The van der Waals surface area contributed by atoms with Gasteiger partial charge in [-0.1, -0.05) is 0 Å². The average molecular weight is 408 g/mol. The molecule has 1 aliphatic rings. The lowest BCUT2D eigenvalue weighted by molar-refractivity contribution is 0.311. The number of rotatable bonds is 4. The van der Waals surface area contributed by atoms with E-state index in [4.69, 9.17) is 5.10 Å². The Labute approximate surface area is 172 Å². The summed E-state index contributed by atoms with van der Waals surface area (Å²) in [5.41, 5.74) is 1.95. The van der Waals surface area contributed by atoms with Crippen molar-refractivity contribution in [3.63, 3.8) is 0 Å². The molecule has 4 aromatic rings. The summed E-state index contributed by atoms with van der Waals surface area (Å²) in [4.78, 5) is 13.0. The van der Waals surface area contributed by atoms with Crippen LogP contribution in [-0.4, -0.2) is 57.7 Å². The highest BCUT2D eigenvalue weighted by molar-refractivity contribution is 5.80. The van der Waals surface area contributed by atoms with Crippen LogP contribution in [-0.2, 0) is 12.8 Å². The fraction of sp³-hybridized carbons (Fsp3) is 0.318. The molecule has 0 radical (unpaired) electrons. The third-order valence-corrected chi connectivity index (χ3v) is 5.77. The van der Waals surface area contributed by atoms with Crippen LogP contribution in [0.15, 0.2) is 42.7 Å². The van der Waals surface area contributed by atoms with Gasteiger partial charge in [0.1, 0.15) is 17.5 Å². The van der Waals surface area contributed by atoms with E-state index in [1.54, 1.807) is 22.8 Å². The fourth-order valence-corrected chi connectivity index (χ4v) is 3.96. The van der Waals surface area contributed by atoms with Gasteiger partial charge in [0.05, 0.1) is 17.4 Å². The van der Waals surface area contributed by atoms with Crippen molar-refractivity contribution in [2.45, 2.75) is 12.8 Å². The fourth-order valence-electron chi connectivity index (χ4n) is 3.96. The molecule has 0 saturated carbocycles. The van der Waals surface area contributed by atoms with Gasteiger partial charge < -0.3 is 9.80 Å². The Morgan fingerprint density at radius 2 is 1.83 bits per heavy atom. The molecule has 5 rings (SSSR count). The molecule has 8 heteroatoms. The van der Waals surface area contributed by atoms with Crippen LogP contribution in [0.1, 0.15) is 11.3 Å². The first-order valence-corrected chi connectivity index (χ1v) is 10.1. The number of pyridine rings is 1. The summed E-state index contributed by atoms with van der Waals surface area (Å²) in [5, 5.41) is 5.09. The van der Waals surface area contributed by atoms with E-state index in [-0.39, 0.29) is 12.0 Å². The number of piperazine rings is 1. The lowest BCUT2D eigenvalue weighted by Crippen LogP contribution is -2.45.